The number of fused-ring (bicyclic) bond motifs is 9. The Morgan fingerprint density at radius 3 is 1.22 bits per heavy atom. The predicted molar refractivity (Wildman–Crippen MR) is 249 cm³/mol. The molecule has 0 unspecified atom stereocenters. The van der Waals surface area contributed by atoms with Crippen LogP contribution in [0.5, 0.6) is 0 Å². The maximum absolute atomic E-state index is 6.25. The van der Waals surface area contributed by atoms with Crippen molar-refractivity contribution in [3.8, 4) is 44.5 Å². The summed E-state index contributed by atoms with van der Waals surface area (Å²) in [7, 11) is 0. The Hall–Kier alpha value is -7.42. The number of hydrogen-bond acceptors (Lipinski definition) is 2. The van der Waals surface area contributed by atoms with Crippen LogP contribution in [-0.2, 0) is 5.41 Å². The van der Waals surface area contributed by atoms with Gasteiger partial charge in [-0.1, -0.05) is 172 Å². The highest BCUT2D eigenvalue weighted by molar-refractivity contribution is 6.07. The second kappa shape index (κ2) is 13.3. The standard InChI is InChI=1S/C58H40O2/c1-58(2)51-12-6-3-9-45(51)46-30-27-42(33-52(46)58)36-15-21-39(22-16-36)57(40-23-17-37(18-24-40)43-28-31-49-47-10-4-7-13-53(47)59-55(49)34-43)41-25-19-38(20-26-41)44-29-32-50-48-11-5-8-14-54(48)60-56(50)35-44/h3-35,57H,1-2H3. The van der Waals surface area contributed by atoms with Crippen LogP contribution in [0, 0.1) is 0 Å². The van der Waals surface area contributed by atoms with Crippen molar-refractivity contribution in [1.82, 2.24) is 0 Å². The van der Waals surface area contributed by atoms with E-state index in [2.05, 4.69) is 190 Å². The molecule has 0 spiro atoms. The van der Waals surface area contributed by atoms with Gasteiger partial charge in [0.25, 0.3) is 0 Å². The van der Waals surface area contributed by atoms with E-state index in [0.29, 0.717) is 0 Å². The molecule has 60 heavy (non-hydrogen) atoms. The van der Waals surface area contributed by atoms with E-state index >= 15 is 0 Å². The second-order valence-electron chi connectivity index (χ2n) is 16.8. The first-order valence-electron chi connectivity index (χ1n) is 20.8. The minimum atomic E-state index is -0.0407. The number of furan rings is 2. The van der Waals surface area contributed by atoms with Gasteiger partial charge in [0.1, 0.15) is 22.3 Å². The van der Waals surface area contributed by atoms with Crippen LogP contribution in [0.2, 0.25) is 0 Å². The summed E-state index contributed by atoms with van der Waals surface area (Å²) in [6.07, 6.45) is 0. The molecule has 1 aliphatic rings. The Morgan fingerprint density at radius 1 is 0.317 bits per heavy atom. The molecule has 2 nitrogen and oxygen atoms in total. The van der Waals surface area contributed by atoms with Gasteiger partial charge in [-0.3, -0.25) is 0 Å². The van der Waals surface area contributed by atoms with Gasteiger partial charge in [-0.15, -0.1) is 0 Å². The maximum atomic E-state index is 6.25. The molecular weight excluding hydrogens is 729 g/mol. The number of benzene rings is 9. The molecule has 284 valence electrons. The highest BCUT2D eigenvalue weighted by Crippen LogP contribution is 2.49. The Labute approximate surface area is 349 Å². The fourth-order valence-corrected chi connectivity index (χ4v) is 9.88. The van der Waals surface area contributed by atoms with Crippen LogP contribution in [-0.4, -0.2) is 0 Å². The van der Waals surface area contributed by atoms with Crippen molar-refractivity contribution >= 4 is 43.9 Å². The fraction of sp³-hybridized carbons (Fsp3) is 0.0690. The summed E-state index contributed by atoms with van der Waals surface area (Å²) in [6.45, 7) is 4.69. The van der Waals surface area contributed by atoms with E-state index in [1.165, 1.54) is 50.1 Å². The molecule has 1 aliphatic carbocycles. The van der Waals surface area contributed by atoms with Crippen molar-refractivity contribution in [1.29, 1.82) is 0 Å². The molecule has 2 heterocycles. The van der Waals surface area contributed by atoms with Crippen LogP contribution < -0.4 is 0 Å². The molecule has 0 aliphatic heterocycles. The molecule has 2 aromatic heterocycles. The summed E-state index contributed by atoms with van der Waals surface area (Å²) in [4.78, 5) is 0. The molecule has 11 aromatic rings. The van der Waals surface area contributed by atoms with Crippen LogP contribution in [0.25, 0.3) is 88.4 Å². The summed E-state index contributed by atoms with van der Waals surface area (Å²) in [6, 6.07) is 72.9. The zero-order valence-corrected chi connectivity index (χ0v) is 33.4. The third-order valence-corrected chi connectivity index (χ3v) is 13.1. The van der Waals surface area contributed by atoms with Gasteiger partial charge in [-0.05, 0) is 115 Å². The van der Waals surface area contributed by atoms with Gasteiger partial charge in [0.05, 0.1) is 0 Å². The van der Waals surface area contributed by atoms with E-state index < -0.39 is 0 Å². The molecule has 0 bridgehead atoms. The number of para-hydroxylation sites is 2. The molecule has 12 rings (SSSR count). The van der Waals surface area contributed by atoms with Gasteiger partial charge in [-0.2, -0.15) is 0 Å². The minimum Gasteiger partial charge on any atom is -0.456 e. The monoisotopic (exact) mass is 768 g/mol. The first kappa shape index (κ1) is 34.6. The molecule has 2 heteroatoms. The third kappa shape index (κ3) is 5.48. The normalized spacial score (nSPS) is 13.1. The molecule has 0 fully saturated rings. The number of hydrogen-bond donors (Lipinski definition) is 0. The highest BCUT2D eigenvalue weighted by Gasteiger charge is 2.35. The van der Waals surface area contributed by atoms with Gasteiger partial charge in [0, 0.05) is 32.9 Å². The van der Waals surface area contributed by atoms with Crippen molar-refractivity contribution in [3.63, 3.8) is 0 Å². The minimum absolute atomic E-state index is 0.0336. The quantitative estimate of drug-likeness (QED) is 0.158. The van der Waals surface area contributed by atoms with Gasteiger partial charge in [0.2, 0.25) is 0 Å². The SMILES string of the molecule is CC1(C)c2ccccc2-c2ccc(-c3ccc(C(c4ccc(-c5ccc6c(c5)oc5ccccc56)cc4)c4ccc(-c5ccc6c(c5)oc5ccccc56)cc4)cc3)cc21. The topological polar surface area (TPSA) is 26.3 Å². The summed E-state index contributed by atoms with van der Waals surface area (Å²) >= 11 is 0. The number of rotatable bonds is 6. The first-order valence-corrected chi connectivity index (χ1v) is 20.8. The van der Waals surface area contributed by atoms with Crippen LogP contribution in [0.1, 0.15) is 47.6 Å². The van der Waals surface area contributed by atoms with E-state index in [1.54, 1.807) is 0 Å². The van der Waals surface area contributed by atoms with Gasteiger partial charge >= 0.3 is 0 Å². The van der Waals surface area contributed by atoms with Crippen LogP contribution in [0.3, 0.4) is 0 Å². The summed E-state index contributed by atoms with van der Waals surface area (Å²) in [5.74, 6) is 0.0336. The first-order chi connectivity index (χ1) is 29.5. The highest BCUT2D eigenvalue weighted by atomic mass is 16.3. The molecule has 0 N–H and O–H groups in total. The summed E-state index contributed by atoms with van der Waals surface area (Å²) < 4.78 is 12.5. The molecule has 9 aromatic carbocycles. The lowest BCUT2D eigenvalue weighted by atomic mass is 9.81. The Kier molecular flexibility index (Phi) is 7.68. The predicted octanol–water partition coefficient (Wildman–Crippen LogP) is 16.0. The molecular formula is C58H40O2. The van der Waals surface area contributed by atoms with Crippen molar-refractivity contribution in [3.05, 3.63) is 228 Å². The van der Waals surface area contributed by atoms with Gasteiger partial charge in [-0.25, -0.2) is 0 Å². The van der Waals surface area contributed by atoms with Crippen LogP contribution in [0.15, 0.2) is 209 Å². The van der Waals surface area contributed by atoms with E-state index in [0.717, 1.165) is 66.1 Å². The van der Waals surface area contributed by atoms with Crippen LogP contribution in [0.4, 0.5) is 0 Å². The Balaban J connectivity index is 0.907. The molecule has 0 saturated carbocycles. The zero-order valence-electron chi connectivity index (χ0n) is 33.4. The van der Waals surface area contributed by atoms with E-state index in [1.807, 2.05) is 24.3 Å². The van der Waals surface area contributed by atoms with Crippen molar-refractivity contribution in [2.45, 2.75) is 25.2 Å². The lowest BCUT2D eigenvalue weighted by Gasteiger charge is -2.22. The molecule has 0 saturated heterocycles. The zero-order chi connectivity index (χ0) is 40.0. The van der Waals surface area contributed by atoms with E-state index in [-0.39, 0.29) is 11.3 Å². The summed E-state index contributed by atoms with van der Waals surface area (Å²) in [5, 5.41) is 4.58. The van der Waals surface area contributed by atoms with E-state index in [9.17, 15) is 0 Å². The lowest BCUT2D eigenvalue weighted by Crippen LogP contribution is -2.14. The Bertz CT molecular complexity index is 3270. The Morgan fingerprint density at radius 2 is 0.700 bits per heavy atom. The van der Waals surface area contributed by atoms with Crippen LogP contribution >= 0.6 is 0 Å². The van der Waals surface area contributed by atoms with Crippen molar-refractivity contribution < 1.29 is 8.83 Å². The van der Waals surface area contributed by atoms with Gasteiger partial charge in [0.15, 0.2) is 0 Å². The second-order valence-corrected chi connectivity index (χ2v) is 16.8. The molecule has 0 radical (unpaired) electrons. The average Bonchev–Trinajstić information content (AvgIpc) is 3.94. The third-order valence-electron chi connectivity index (χ3n) is 13.1. The molecule has 0 amide bonds. The summed E-state index contributed by atoms with van der Waals surface area (Å²) in [5.41, 5.74) is 19.9. The lowest BCUT2D eigenvalue weighted by molar-refractivity contribution is 0.660. The van der Waals surface area contributed by atoms with Crippen molar-refractivity contribution in [2.24, 2.45) is 0 Å². The van der Waals surface area contributed by atoms with Gasteiger partial charge < -0.3 is 8.83 Å². The van der Waals surface area contributed by atoms with E-state index in [4.69, 9.17) is 8.83 Å². The smallest absolute Gasteiger partial charge is 0.136 e. The average molecular weight is 769 g/mol. The molecule has 0 atom stereocenters. The largest absolute Gasteiger partial charge is 0.456 e. The fourth-order valence-electron chi connectivity index (χ4n) is 9.88. The van der Waals surface area contributed by atoms with Crippen molar-refractivity contribution in [2.75, 3.05) is 0 Å². The maximum Gasteiger partial charge on any atom is 0.136 e.